The quantitative estimate of drug-likeness (QED) is 0.763. The third-order valence-corrected chi connectivity index (χ3v) is 2.01. The standard InChI is InChI=1S/C10H11F4N/c1-6-2-3-7(8(11)4-6)9(15)5-10(12,13)14/h2-4,9H,5,15H2,1H3/t9-/m1/s1. The SMILES string of the molecule is Cc1ccc([C@H](N)CC(F)(F)F)c(F)c1. The third kappa shape index (κ3) is 3.51. The predicted octanol–water partition coefficient (Wildman–Crippen LogP) is 3.09. The maximum Gasteiger partial charge on any atom is 0.390 e. The fourth-order valence-corrected chi connectivity index (χ4v) is 1.29. The number of hydrogen-bond donors (Lipinski definition) is 1. The molecule has 0 saturated heterocycles. The van der Waals surface area contributed by atoms with Crippen molar-refractivity contribution in [1.29, 1.82) is 0 Å². The second-order valence-electron chi connectivity index (χ2n) is 3.45. The monoisotopic (exact) mass is 221 g/mol. The molecule has 0 aromatic heterocycles. The summed E-state index contributed by atoms with van der Waals surface area (Å²) in [6, 6.07) is 2.66. The van der Waals surface area contributed by atoms with E-state index >= 15 is 0 Å². The van der Waals surface area contributed by atoms with Crippen LogP contribution < -0.4 is 5.73 Å². The fraction of sp³-hybridized carbons (Fsp3) is 0.400. The number of halogens is 4. The lowest BCUT2D eigenvalue weighted by Gasteiger charge is -2.15. The van der Waals surface area contributed by atoms with Crippen LogP contribution in [0.5, 0.6) is 0 Å². The second-order valence-corrected chi connectivity index (χ2v) is 3.45. The van der Waals surface area contributed by atoms with Gasteiger partial charge in [-0.15, -0.1) is 0 Å². The Morgan fingerprint density at radius 1 is 1.33 bits per heavy atom. The maximum atomic E-state index is 13.2. The van der Waals surface area contributed by atoms with Crippen LogP contribution in [0.2, 0.25) is 0 Å². The largest absolute Gasteiger partial charge is 0.390 e. The zero-order valence-corrected chi connectivity index (χ0v) is 8.11. The van der Waals surface area contributed by atoms with E-state index in [-0.39, 0.29) is 5.56 Å². The highest BCUT2D eigenvalue weighted by molar-refractivity contribution is 5.25. The normalized spacial score (nSPS) is 14.0. The van der Waals surface area contributed by atoms with E-state index in [1.54, 1.807) is 6.92 Å². The van der Waals surface area contributed by atoms with Crippen LogP contribution in [0.3, 0.4) is 0 Å². The minimum absolute atomic E-state index is 0.0991. The molecule has 0 heterocycles. The van der Waals surface area contributed by atoms with Gasteiger partial charge in [0.05, 0.1) is 6.42 Å². The summed E-state index contributed by atoms with van der Waals surface area (Å²) in [4.78, 5) is 0. The van der Waals surface area contributed by atoms with E-state index in [1.807, 2.05) is 0 Å². The van der Waals surface area contributed by atoms with Crippen LogP contribution in [0.4, 0.5) is 17.6 Å². The van der Waals surface area contributed by atoms with E-state index in [2.05, 4.69) is 0 Å². The lowest BCUT2D eigenvalue weighted by molar-refractivity contribution is -0.138. The van der Waals surface area contributed by atoms with Crippen molar-refractivity contribution < 1.29 is 17.6 Å². The Morgan fingerprint density at radius 3 is 2.40 bits per heavy atom. The summed E-state index contributed by atoms with van der Waals surface area (Å²) < 4.78 is 49.2. The van der Waals surface area contributed by atoms with Gasteiger partial charge in [0.25, 0.3) is 0 Å². The van der Waals surface area contributed by atoms with Crippen molar-refractivity contribution in [1.82, 2.24) is 0 Å². The fourth-order valence-electron chi connectivity index (χ4n) is 1.29. The molecule has 1 atom stereocenters. The van der Waals surface area contributed by atoms with Crippen LogP contribution in [-0.2, 0) is 0 Å². The van der Waals surface area contributed by atoms with E-state index in [4.69, 9.17) is 5.73 Å². The number of benzene rings is 1. The molecular formula is C10H11F4N. The van der Waals surface area contributed by atoms with E-state index in [0.717, 1.165) is 0 Å². The van der Waals surface area contributed by atoms with Gasteiger partial charge in [0.15, 0.2) is 0 Å². The molecule has 15 heavy (non-hydrogen) atoms. The zero-order chi connectivity index (χ0) is 11.6. The summed E-state index contributed by atoms with van der Waals surface area (Å²) >= 11 is 0. The minimum Gasteiger partial charge on any atom is -0.324 e. The van der Waals surface area contributed by atoms with Gasteiger partial charge in [-0.3, -0.25) is 0 Å². The molecule has 0 fully saturated rings. The second kappa shape index (κ2) is 4.18. The van der Waals surface area contributed by atoms with Gasteiger partial charge >= 0.3 is 6.18 Å². The van der Waals surface area contributed by atoms with Crippen LogP contribution in [0.25, 0.3) is 0 Å². The van der Waals surface area contributed by atoms with Crippen molar-refractivity contribution >= 4 is 0 Å². The molecule has 0 saturated carbocycles. The van der Waals surface area contributed by atoms with Gasteiger partial charge in [0.2, 0.25) is 0 Å². The third-order valence-electron chi connectivity index (χ3n) is 2.01. The summed E-state index contributed by atoms with van der Waals surface area (Å²) in [5, 5.41) is 0. The molecule has 84 valence electrons. The van der Waals surface area contributed by atoms with Gasteiger partial charge in [-0.1, -0.05) is 12.1 Å². The number of aryl methyl sites for hydroxylation is 1. The number of alkyl halides is 3. The molecule has 1 aromatic carbocycles. The molecular weight excluding hydrogens is 210 g/mol. The molecule has 1 nitrogen and oxygen atoms in total. The highest BCUT2D eigenvalue weighted by Gasteiger charge is 2.31. The van der Waals surface area contributed by atoms with Crippen molar-refractivity contribution in [3.8, 4) is 0 Å². The Hall–Kier alpha value is -1.10. The summed E-state index contributed by atoms with van der Waals surface area (Å²) in [5.74, 6) is -0.688. The first-order valence-electron chi connectivity index (χ1n) is 4.38. The number of nitrogens with two attached hydrogens (primary N) is 1. The topological polar surface area (TPSA) is 26.0 Å². The van der Waals surface area contributed by atoms with E-state index in [9.17, 15) is 17.6 Å². The molecule has 0 aliphatic heterocycles. The van der Waals surface area contributed by atoms with E-state index in [1.165, 1.54) is 18.2 Å². The lowest BCUT2D eigenvalue weighted by Crippen LogP contribution is -2.21. The Kier molecular flexibility index (Phi) is 3.34. The zero-order valence-electron chi connectivity index (χ0n) is 8.11. The minimum atomic E-state index is -4.38. The van der Waals surface area contributed by atoms with Crippen molar-refractivity contribution in [2.45, 2.75) is 25.6 Å². The van der Waals surface area contributed by atoms with Crippen LogP contribution in [0.1, 0.15) is 23.6 Å². The summed E-state index contributed by atoms with van der Waals surface area (Å²) in [5.41, 5.74) is 5.82. The van der Waals surface area contributed by atoms with Crippen LogP contribution in [0.15, 0.2) is 18.2 Å². The molecule has 1 rings (SSSR count). The predicted molar refractivity (Wildman–Crippen MR) is 48.7 cm³/mol. The molecule has 0 aliphatic rings. The molecule has 5 heteroatoms. The molecule has 0 unspecified atom stereocenters. The Morgan fingerprint density at radius 2 is 1.93 bits per heavy atom. The van der Waals surface area contributed by atoms with Gasteiger partial charge in [-0.05, 0) is 18.6 Å². The van der Waals surface area contributed by atoms with E-state index < -0.39 is 24.5 Å². The smallest absolute Gasteiger partial charge is 0.324 e. The Bertz CT molecular complexity index is 346. The van der Waals surface area contributed by atoms with Crippen LogP contribution >= 0.6 is 0 Å². The first kappa shape index (κ1) is 12.0. The number of hydrogen-bond acceptors (Lipinski definition) is 1. The average Bonchev–Trinajstić information content (AvgIpc) is 1.99. The van der Waals surface area contributed by atoms with Gasteiger partial charge in [-0.25, -0.2) is 4.39 Å². The number of rotatable bonds is 2. The van der Waals surface area contributed by atoms with Gasteiger partial charge in [-0.2, -0.15) is 13.2 Å². The first-order valence-corrected chi connectivity index (χ1v) is 4.38. The Balaban J connectivity index is 2.87. The lowest BCUT2D eigenvalue weighted by atomic mass is 10.0. The Labute approximate surface area is 84.9 Å². The van der Waals surface area contributed by atoms with E-state index in [0.29, 0.717) is 5.56 Å². The van der Waals surface area contributed by atoms with Gasteiger partial charge < -0.3 is 5.73 Å². The summed E-state index contributed by atoms with van der Waals surface area (Å²) in [7, 11) is 0. The molecule has 0 bridgehead atoms. The van der Waals surface area contributed by atoms with Crippen LogP contribution in [0, 0.1) is 12.7 Å². The summed E-state index contributed by atoms with van der Waals surface area (Å²) in [6.45, 7) is 1.65. The van der Waals surface area contributed by atoms with Gasteiger partial charge in [0.1, 0.15) is 5.82 Å². The van der Waals surface area contributed by atoms with Crippen LogP contribution in [-0.4, -0.2) is 6.18 Å². The highest BCUT2D eigenvalue weighted by Crippen LogP contribution is 2.29. The highest BCUT2D eigenvalue weighted by atomic mass is 19.4. The van der Waals surface area contributed by atoms with Gasteiger partial charge in [0, 0.05) is 11.6 Å². The van der Waals surface area contributed by atoms with Crippen molar-refractivity contribution in [3.05, 3.63) is 35.1 Å². The van der Waals surface area contributed by atoms with Crippen molar-refractivity contribution in [2.75, 3.05) is 0 Å². The molecule has 0 amide bonds. The molecule has 0 spiro atoms. The molecule has 0 radical (unpaired) electrons. The maximum absolute atomic E-state index is 13.2. The van der Waals surface area contributed by atoms with Crippen molar-refractivity contribution in [3.63, 3.8) is 0 Å². The van der Waals surface area contributed by atoms with Crippen molar-refractivity contribution in [2.24, 2.45) is 5.73 Å². The molecule has 1 aromatic rings. The summed E-state index contributed by atoms with van der Waals surface area (Å²) in [6.07, 6.45) is -5.59. The molecule has 2 N–H and O–H groups in total. The first-order chi connectivity index (χ1) is 6.79. The average molecular weight is 221 g/mol. The molecule has 0 aliphatic carbocycles.